The predicted molar refractivity (Wildman–Crippen MR) is 114 cm³/mol. The zero-order chi connectivity index (χ0) is 20.7. The van der Waals surface area contributed by atoms with Crippen molar-refractivity contribution < 1.29 is 15.3 Å². The fourth-order valence-corrected chi connectivity index (χ4v) is 3.85. The van der Waals surface area contributed by atoms with E-state index in [9.17, 15) is 15.3 Å². The molecule has 0 saturated carbocycles. The number of aromatic hydroxyl groups is 2. The van der Waals surface area contributed by atoms with Gasteiger partial charge in [-0.3, -0.25) is 0 Å². The van der Waals surface area contributed by atoms with Gasteiger partial charge in [0.15, 0.2) is 0 Å². The topological polar surface area (TPSA) is 116 Å². The van der Waals surface area contributed by atoms with E-state index in [0.717, 1.165) is 23.0 Å². The molecule has 0 amide bonds. The van der Waals surface area contributed by atoms with Gasteiger partial charge >= 0.3 is 0 Å². The van der Waals surface area contributed by atoms with Crippen LogP contribution in [-0.2, 0) is 6.54 Å². The van der Waals surface area contributed by atoms with Crippen LogP contribution in [0.5, 0.6) is 11.5 Å². The van der Waals surface area contributed by atoms with E-state index in [2.05, 4.69) is 14.8 Å². The Hall–Kier alpha value is -3.32. The first-order chi connectivity index (χ1) is 13.9. The molecule has 1 aliphatic heterocycles. The molecule has 29 heavy (non-hydrogen) atoms. The highest BCUT2D eigenvalue weighted by Gasteiger charge is 2.32. The maximum absolute atomic E-state index is 10.5. The molecule has 5 N–H and O–H groups in total. The van der Waals surface area contributed by atoms with E-state index in [-0.39, 0.29) is 23.3 Å². The number of phenolic OH excluding ortho intramolecular Hbond substituents is 2. The molecule has 3 aromatic rings. The summed E-state index contributed by atoms with van der Waals surface area (Å²) in [6, 6.07) is 10.9. The number of nitrogens with two attached hydrogens (primary N) is 1. The number of phenols is 2. The van der Waals surface area contributed by atoms with E-state index in [1.165, 1.54) is 6.07 Å². The van der Waals surface area contributed by atoms with Crippen LogP contribution in [0.1, 0.15) is 42.4 Å². The van der Waals surface area contributed by atoms with Crippen LogP contribution < -0.4 is 5.73 Å². The Morgan fingerprint density at radius 2 is 1.83 bits per heavy atom. The first-order valence-electron chi connectivity index (χ1n) is 9.60. The van der Waals surface area contributed by atoms with Crippen LogP contribution in [0, 0.1) is 0 Å². The zero-order valence-corrected chi connectivity index (χ0v) is 16.4. The summed E-state index contributed by atoms with van der Waals surface area (Å²) in [6.45, 7) is 5.19. The van der Waals surface area contributed by atoms with Crippen molar-refractivity contribution in [1.29, 1.82) is 0 Å². The number of hydrogen-bond acceptors (Lipinski definition) is 5. The lowest BCUT2D eigenvalue weighted by molar-refractivity contribution is 0.443. The number of nitrogens with zero attached hydrogens (tertiary/aromatic N) is 3. The van der Waals surface area contributed by atoms with E-state index < -0.39 is 5.92 Å². The van der Waals surface area contributed by atoms with Gasteiger partial charge in [0, 0.05) is 36.4 Å². The molecule has 1 atom stereocenters. The third-order valence-electron chi connectivity index (χ3n) is 5.33. The average Bonchev–Trinajstić information content (AvgIpc) is 3.25. The van der Waals surface area contributed by atoms with Gasteiger partial charge in [0.2, 0.25) is 5.90 Å². The van der Waals surface area contributed by atoms with E-state index in [1.54, 1.807) is 6.07 Å². The van der Waals surface area contributed by atoms with Gasteiger partial charge in [0.1, 0.15) is 17.4 Å². The minimum atomic E-state index is -0.590. The van der Waals surface area contributed by atoms with E-state index >= 15 is 0 Å². The average molecular weight is 392 g/mol. The second kappa shape index (κ2) is 7.25. The Morgan fingerprint density at radius 3 is 2.55 bits per heavy atom. The molecule has 0 bridgehead atoms. The molecule has 0 radical (unpaired) electrons. The lowest BCUT2D eigenvalue weighted by atomic mass is 9.87. The Morgan fingerprint density at radius 1 is 1.03 bits per heavy atom. The summed E-state index contributed by atoms with van der Waals surface area (Å²) in [5, 5.41) is 40.1. The van der Waals surface area contributed by atoms with Crippen molar-refractivity contribution in [2.75, 3.05) is 6.54 Å². The third-order valence-corrected chi connectivity index (χ3v) is 5.33. The Labute approximate surface area is 168 Å². The maximum Gasteiger partial charge on any atom is 0.219 e. The number of benzene rings is 2. The van der Waals surface area contributed by atoms with E-state index in [4.69, 9.17) is 5.73 Å². The Bertz CT molecular complexity index is 1140. The van der Waals surface area contributed by atoms with Gasteiger partial charge in [-0.25, -0.2) is 0 Å². The Kier molecular flexibility index (Phi) is 4.76. The molecule has 0 fully saturated rings. The van der Waals surface area contributed by atoms with E-state index in [1.807, 2.05) is 44.3 Å². The molecular formula is C22H24N4O3. The van der Waals surface area contributed by atoms with Crippen molar-refractivity contribution in [2.24, 2.45) is 15.9 Å². The second-order valence-electron chi connectivity index (χ2n) is 7.58. The number of rotatable bonds is 5. The van der Waals surface area contributed by atoms with Crippen LogP contribution in [0.15, 0.2) is 52.8 Å². The molecule has 150 valence electrons. The number of aliphatic hydroxyl groups excluding tert-OH is 1. The highest BCUT2D eigenvalue weighted by molar-refractivity contribution is 6.20. The quantitative estimate of drug-likeness (QED) is 0.531. The molecule has 0 saturated heterocycles. The third kappa shape index (κ3) is 3.23. The Balaban J connectivity index is 1.78. The number of aromatic nitrogens is 1. The van der Waals surface area contributed by atoms with Gasteiger partial charge in [-0.1, -0.05) is 19.9 Å². The summed E-state index contributed by atoms with van der Waals surface area (Å²) in [5.41, 5.74) is 9.14. The molecule has 1 aliphatic rings. The van der Waals surface area contributed by atoms with E-state index in [0.29, 0.717) is 23.4 Å². The summed E-state index contributed by atoms with van der Waals surface area (Å²) in [4.78, 5) is 0. The molecule has 2 heterocycles. The van der Waals surface area contributed by atoms with Gasteiger partial charge < -0.3 is 25.6 Å². The SMILES string of the molecule is CC(C)c1cc(C2=NN=C(O)C2c2ccc3c(ccn3CCN)c2)c(O)cc1O. The standard InChI is InChI=1S/C22H24N4O3/c1-12(2)15-10-16(19(28)11-18(15)27)21-20(22(29)25-24-21)14-3-4-17-13(9-14)5-7-26(17)8-6-23/h3-5,7,9-12,20,27-28H,6,8,23H2,1-2H3,(H,25,29). The summed E-state index contributed by atoms with van der Waals surface area (Å²) < 4.78 is 2.08. The lowest BCUT2D eigenvalue weighted by Gasteiger charge is -2.17. The number of hydrogen-bond donors (Lipinski definition) is 4. The van der Waals surface area contributed by atoms with Crippen molar-refractivity contribution in [2.45, 2.75) is 32.2 Å². The fourth-order valence-electron chi connectivity index (χ4n) is 3.85. The maximum atomic E-state index is 10.5. The number of fused-ring (bicyclic) bond motifs is 1. The van der Waals surface area contributed by atoms with Gasteiger partial charge in [-0.15, -0.1) is 5.10 Å². The van der Waals surface area contributed by atoms with Crippen LogP contribution in [-0.4, -0.2) is 38.0 Å². The summed E-state index contributed by atoms with van der Waals surface area (Å²) in [5.74, 6) is -0.727. The monoisotopic (exact) mass is 392 g/mol. The highest BCUT2D eigenvalue weighted by Crippen LogP contribution is 2.37. The molecule has 1 unspecified atom stereocenters. The molecule has 0 aliphatic carbocycles. The van der Waals surface area contributed by atoms with Gasteiger partial charge in [-0.2, -0.15) is 5.10 Å². The number of aliphatic hydroxyl groups is 1. The molecule has 2 aromatic carbocycles. The largest absolute Gasteiger partial charge is 0.508 e. The lowest BCUT2D eigenvalue weighted by Crippen LogP contribution is -2.19. The molecule has 0 spiro atoms. The second-order valence-corrected chi connectivity index (χ2v) is 7.58. The van der Waals surface area contributed by atoms with Crippen LogP contribution >= 0.6 is 0 Å². The smallest absolute Gasteiger partial charge is 0.219 e. The van der Waals surface area contributed by atoms with Crippen LogP contribution in [0.2, 0.25) is 0 Å². The van der Waals surface area contributed by atoms with Gasteiger partial charge in [-0.05, 0) is 46.7 Å². The molecule has 4 rings (SSSR count). The van der Waals surface area contributed by atoms with Crippen LogP contribution in [0.3, 0.4) is 0 Å². The van der Waals surface area contributed by atoms with Crippen molar-refractivity contribution in [1.82, 2.24) is 4.57 Å². The van der Waals surface area contributed by atoms with Crippen molar-refractivity contribution in [3.05, 3.63) is 59.3 Å². The predicted octanol–water partition coefficient (Wildman–Crippen LogP) is 3.59. The van der Waals surface area contributed by atoms with Gasteiger partial charge in [0.05, 0.1) is 5.71 Å². The van der Waals surface area contributed by atoms with Crippen molar-refractivity contribution in [3.8, 4) is 11.5 Å². The molecular weight excluding hydrogens is 368 g/mol. The summed E-state index contributed by atoms with van der Waals surface area (Å²) >= 11 is 0. The highest BCUT2D eigenvalue weighted by atomic mass is 16.3. The fraction of sp³-hybridized carbons (Fsp3) is 0.273. The van der Waals surface area contributed by atoms with Crippen molar-refractivity contribution >= 4 is 22.5 Å². The molecule has 7 heteroatoms. The van der Waals surface area contributed by atoms with Gasteiger partial charge in [0.25, 0.3) is 0 Å². The minimum Gasteiger partial charge on any atom is -0.508 e. The zero-order valence-electron chi connectivity index (χ0n) is 16.4. The first kappa shape index (κ1) is 19.0. The first-order valence-corrected chi connectivity index (χ1v) is 9.60. The molecule has 7 nitrogen and oxygen atoms in total. The summed E-state index contributed by atoms with van der Waals surface area (Å²) in [6.07, 6.45) is 1.99. The normalized spacial score (nSPS) is 16.5. The van der Waals surface area contributed by atoms with Crippen molar-refractivity contribution in [3.63, 3.8) is 0 Å². The van der Waals surface area contributed by atoms with Crippen LogP contribution in [0.4, 0.5) is 0 Å². The summed E-state index contributed by atoms with van der Waals surface area (Å²) in [7, 11) is 0. The van der Waals surface area contributed by atoms with Crippen LogP contribution in [0.25, 0.3) is 10.9 Å². The minimum absolute atomic E-state index is 0.0317. The molecule has 1 aromatic heterocycles.